The summed E-state index contributed by atoms with van der Waals surface area (Å²) in [4.78, 5) is 12.0. The second-order valence-corrected chi connectivity index (χ2v) is 6.30. The highest BCUT2D eigenvalue weighted by Crippen LogP contribution is 2.32. The number of amides is 1. The summed E-state index contributed by atoms with van der Waals surface area (Å²) >= 11 is 5.58. The van der Waals surface area contributed by atoms with Gasteiger partial charge in [-0.1, -0.05) is 15.9 Å². The van der Waals surface area contributed by atoms with Gasteiger partial charge in [0.1, 0.15) is 0 Å². The predicted octanol–water partition coefficient (Wildman–Crippen LogP) is 3.58. The van der Waals surface area contributed by atoms with Crippen molar-refractivity contribution in [2.24, 2.45) is 5.92 Å². The Balaban J connectivity index is 2.10. The van der Waals surface area contributed by atoms with E-state index in [1.54, 1.807) is 0 Å². The molecule has 4 heteroatoms. The molecule has 1 fully saturated rings. The van der Waals surface area contributed by atoms with Crippen LogP contribution in [0.4, 0.5) is 0 Å². The maximum absolute atomic E-state index is 12.0. The summed E-state index contributed by atoms with van der Waals surface area (Å²) < 4.78 is 1.93. The van der Waals surface area contributed by atoms with Crippen molar-refractivity contribution in [1.29, 1.82) is 0 Å². The lowest BCUT2D eigenvalue weighted by Gasteiger charge is -2.13. The lowest BCUT2D eigenvalue weighted by atomic mass is 10.1. The fourth-order valence-electron chi connectivity index (χ4n) is 1.67. The van der Waals surface area contributed by atoms with Crippen LogP contribution < -0.4 is 5.32 Å². The number of carbonyl (C=O) groups excluding carboxylic acids is 1. The summed E-state index contributed by atoms with van der Waals surface area (Å²) in [5.41, 5.74) is 0.752. The minimum atomic E-state index is 0.0325. The van der Waals surface area contributed by atoms with Gasteiger partial charge in [0, 0.05) is 14.1 Å². The molecule has 1 saturated carbocycles. The molecule has 86 valence electrons. The van der Waals surface area contributed by atoms with Crippen molar-refractivity contribution in [3.63, 3.8) is 0 Å². The van der Waals surface area contributed by atoms with Crippen LogP contribution in [0, 0.1) is 9.49 Å². The molecule has 2 nitrogen and oxygen atoms in total. The van der Waals surface area contributed by atoms with Gasteiger partial charge in [-0.05, 0) is 66.5 Å². The van der Waals surface area contributed by atoms with Crippen molar-refractivity contribution in [2.45, 2.75) is 25.8 Å². The van der Waals surface area contributed by atoms with Gasteiger partial charge in [-0.25, -0.2) is 0 Å². The van der Waals surface area contributed by atoms with Crippen molar-refractivity contribution in [3.8, 4) is 0 Å². The maximum atomic E-state index is 12.0. The van der Waals surface area contributed by atoms with Crippen LogP contribution in [0.5, 0.6) is 0 Å². The molecule has 1 amide bonds. The first kappa shape index (κ1) is 12.4. The Labute approximate surface area is 117 Å². The Bertz CT molecular complexity index is 417. The molecule has 1 aliphatic carbocycles. The quantitative estimate of drug-likeness (QED) is 0.781. The first-order valence-electron chi connectivity index (χ1n) is 5.34. The molecule has 1 atom stereocenters. The number of benzene rings is 1. The molecule has 0 aromatic heterocycles. The standard InChI is InChI=1S/C12H13BrINO/c1-7(8-2-3-8)15-12(16)10-6-9(13)4-5-11(10)14/h4-8H,2-3H2,1H3,(H,15,16). The zero-order chi connectivity index (χ0) is 11.7. The average molecular weight is 394 g/mol. The van der Waals surface area contributed by atoms with E-state index in [0.717, 1.165) is 13.6 Å². The molecule has 0 heterocycles. The van der Waals surface area contributed by atoms with Crippen LogP contribution in [-0.2, 0) is 0 Å². The molecule has 0 saturated heterocycles. The normalized spacial score (nSPS) is 16.9. The molecule has 1 aliphatic rings. The first-order chi connectivity index (χ1) is 7.58. The number of rotatable bonds is 3. The maximum Gasteiger partial charge on any atom is 0.252 e. The van der Waals surface area contributed by atoms with E-state index in [0.29, 0.717) is 12.0 Å². The van der Waals surface area contributed by atoms with Gasteiger partial charge in [-0.2, -0.15) is 0 Å². The van der Waals surface area contributed by atoms with Crippen LogP contribution in [0.1, 0.15) is 30.1 Å². The molecule has 0 radical (unpaired) electrons. The van der Waals surface area contributed by atoms with Crippen LogP contribution >= 0.6 is 38.5 Å². The fraction of sp³-hybridized carbons (Fsp3) is 0.417. The van der Waals surface area contributed by atoms with E-state index in [-0.39, 0.29) is 5.91 Å². The van der Waals surface area contributed by atoms with Crippen LogP contribution in [-0.4, -0.2) is 11.9 Å². The van der Waals surface area contributed by atoms with E-state index in [4.69, 9.17) is 0 Å². The van der Waals surface area contributed by atoms with E-state index in [2.05, 4.69) is 50.8 Å². The van der Waals surface area contributed by atoms with Gasteiger partial charge in [-0.15, -0.1) is 0 Å². The van der Waals surface area contributed by atoms with Gasteiger partial charge in [0.05, 0.1) is 5.56 Å². The van der Waals surface area contributed by atoms with Crippen LogP contribution in [0.2, 0.25) is 0 Å². The summed E-state index contributed by atoms with van der Waals surface area (Å²) in [7, 11) is 0. The van der Waals surface area contributed by atoms with E-state index in [1.165, 1.54) is 12.8 Å². The van der Waals surface area contributed by atoms with E-state index in [9.17, 15) is 4.79 Å². The van der Waals surface area contributed by atoms with Crippen molar-refractivity contribution in [2.75, 3.05) is 0 Å². The highest BCUT2D eigenvalue weighted by Gasteiger charge is 2.29. The summed E-state index contributed by atoms with van der Waals surface area (Å²) in [6.45, 7) is 2.08. The summed E-state index contributed by atoms with van der Waals surface area (Å²) in [6, 6.07) is 6.06. The Kier molecular flexibility index (Phi) is 3.89. The molecular formula is C12H13BrINO. The van der Waals surface area contributed by atoms with E-state index < -0.39 is 0 Å². The van der Waals surface area contributed by atoms with Crippen LogP contribution in [0.3, 0.4) is 0 Å². The number of hydrogen-bond donors (Lipinski definition) is 1. The minimum Gasteiger partial charge on any atom is -0.349 e. The lowest BCUT2D eigenvalue weighted by Crippen LogP contribution is -2.34. The Morgan fingerprint density at radius 3 is 2.88 bits per heavy atom. The molecular weight excluding hydrogens is 381 g/mol. The first-order valence-corrected chi connectivity index (χ1v) is 7.21. The largest absolute Gasteiger partial charge is 0.349 e. The minimum absolute atomic E-state index is 0.0325. The predicted molar refractivity (Wildman–Crippen MR) is 76.5 cm³/mol. The molecule has 1 aromatic carbocycles. The SMILES string of the molecule is CC(NC(=O)c1cc(Br)ccc1I)C1CC1. The monoisotopic (exact) mass is 393 g/mol. The van der Waals surface area contributed by atoms with E-state index in [1.807, 2.05) is 18.2 Å². The molecule has 0 spiro atoms. The fourth-order valence-corrected chi connectivity index (χ4v) is 2.61. The van der Waals surface area contributed by atoms with Gasteiger partial charge < -0.3 is 5.32 Å². The Hall–Kier alpha value is -0.100. The molecule has 16 heavy (non-hydrogen) atoms. The van der Waals surface area contributed by atoms with Gasteiger partial charge in [0.25, 0.3) is 5.91 Å². The lowest BCUT2D eigenvalue weighted by molar-refractivity contribution is 0.0935. The summed E-state index contributed by atoms with van der Waals surface area (Å²) in [5, 5.41) is 3.06. The average Bonchev–Trinajstić information content (AvgIpc) is 3.04. The molecule has 2 rings (SSSR count). The highest BCUT2D eigenvalue weighted by atomic mass is 127. The van der Waals surface area contributed by atoms with Crippen molar-refractivity contribution in [1.82, 2.24) is 5.32 Å². The summed E-state index contributed by atoms with van der Waals surface area (Å²) in [5.74, 6) is 0.721. The van der Waals surface area contributed by atoms with Crippen molar-refractivity contribution < 1.29 is 4.79 Å². The Morgan fingerprint density at radius 2 is 2.25 bits per heavy atom. The molecule has 1 N–H and O–H groups in total. The van der Waals surface area contributed by atoms with Gasteiger partial charge in [0.15, 0.2) is 0 Å². The summed E-state index contributed by atoms with van der Waals surface area (Å²) in [6.07, 6.45) is 2.49. The Morgan fingerprint density at radius 1 is 1.56 bits per heavy atom. The van der Waals surface area contributed by atoms with Gasteiger partial charge >= 0.3 is 0 Å². The number of halogens is 2. The smallest absolute Gasteiger partial charge is 0.252 e. The van der Waals surface area contributed by atoms with Gasteiger partial charge in [-0.3, -0.25) is 4.79 Å². The third-order valence-corrected chi connectivity index (χ3v) is 4.29. The van der Waals surface area contributed by atoms with Gasteiger partial charge in [0.2, 0.25) is 0 Å². The molecule has 0 bridgehead atoms. The zero-order valence-electron chi connectivity index (χ0n) is 8.97. The van der Waals surface area contributed by atoms with Crippen molar-refractivity contribution in [3.05, 3.63) is 31.8 Å². The van der Waals surface area contributed by atoms with Crippen molar-refractivity contribution >= 4 is 44.4 Å². The number of nitrogens with one attached hydrogen (secondary N) is 1. The zero-order valence-corrected chi connectivity index (χ0v) is 12.7. The molecule has 1 unspecified atom stereocenters. The highest BCUT2D eigenvalue weighted by molar-refractivity contribution is 14.1. The third-order valence-electron chi connectivity index (χ3n) is 2.86. The number of hydrogen-bond acceptors (Lipinski definition) is 1. The topological polar surface area (TPSA) is 29.1 Å². The second-order valence-electron chi connectivity index (χ2n) is 4.22. The van der Waals surface area contributed by atoms with E-state index >= 15 is 0 Å². The molecule has 1 aromatic rings. The third kappa shape index (κ3) is 2.97. The van der Waals surface area contributed by atoms with Crippen LogP contribution in [0.15, 0.2) is 22.7 Å². The molecule has 0 aliphatic heterocycles. The second kappa shape index (κ2) is 5.04. The number of carbonyl (C=O) groups is 1. The van der Waals surface area contributed by atoms with Crippen LogP contribution in [0.25, 0.3) is 0 Å².